The van der Waals surface area contributed by atoms with Crippen molar-refractivity contribution in [1.29, 1.82) is 0 Å². The van der Waals surface area contributed by atoms with Crippen LogP contribution in [-0.4, -0.2) is 51.4 Å². The number of nitrogens with zero attached hydrogens (tertiary/aromatic N) is 6. The largest absolute Gasteiger partial charge is 0.412 e. The van der Waals surface area contributed by atoms with Gasteiger partial charge in [-0.1, -0.05) is 44.5 Å². The van der Waals surface area contributed by atoms with Gasteiger partial charge in [-0.15, -0.1) is 0 Å². The van der Waals surface area contributed by atoms with E-state index < -0.39 is 8.32 Å². The summed E-state index contributed by atoms with van der Waals surface area (Å²) < 4.78 is 8.84. The van der Waals surface area contributed by atoms with Gasteiger partial charge in [0.15, 0.2) is 14.0 Å². The molecule has 0 radical (unpaired) electrons. The summed E-state index contributed by atoms with van der Waals surface area (Å²) in [5, 5.41) is 8.70. The minimum absolute atomic E-state index is 0.0265. The van der Waals surface area contributed by atoms with E-state index in [1.54, 1.807) is 0 Å². The van der Waals surface area contributed by atoms with Crippen LogP contribution in [0.2, 0.25) is 23.2 Å². The number of nitrogens with one attached hydrogen (secondary N) is 1. The van der Waals surface area contributed by atoms with Gasteiger partial charge in [0.25, 0.3) is 0 Å². The molecule has 7 rings (SSSR count). The summed E-state index contributed by atoms with van der Waals surface area (Å²) in [6, 6.07) is 13.8. The highest BCUT2D eigenvalue weighted by atomic mass is 35.5. The van der Waals surface area contributed by atoms with Crippen molar-refractivity contribution >= 4 is 43.1 Å². The summed E-state index contributed by atoms with van der Waals surface area (Å²) in [6.45, 7) is 12.1. The van der Waals surface area contributed by atoms with Crippen LogP contribution in [-0.2, 0) is 9.22 Å². The monoisotopic (exact) mass is 629 g/mol. The van der Waals surface area contributed by atoms with Crippen LogP contribution >= 0.6 is 11.6 Å². The highest BCUT2D eigenvalue weighted by Crippen LogP contribution is 2.48. The molecule has 3 aromatic heterocycles. The second-order valence-corrected chi connectivity index (χ2v) is 19.4. The summed E-state index contributed by atoms with van der Waals surface area (Å²) in [5.74, 6) is 1.86. The number of hydrogen-bond acceptors (Lipinski definition) is 7. The van der Waals surface area contributed by atoms with Crippen LogP contribution in [0.4, 0.5) is 11.6 Å². The Hall–Kier alpha value is -3.34. The van der Waals surface area contributed by atoms with Gasteiger partial charge in [0, 0.05) is 35.9 Å². The first kappa shape index (κ1) is 29.4. The van der Waals surface area contributed by atoms with Crippen LogP contribution in [0.25, 0.3) is 5.65 Å². The second kappa shape index (κ2) is 10.9. The standard InChI is InChI=1S/C33H40ClN7O2Si/c1-33(2,3)44(4,5)43-23-14-28(27-18-41-30(37-27)12-11-26(39-41)20-9-10-20)40(17-23)31-16-29(35-19-36-31)38-32(42)25-15-24(25)21-7-6-8-22(34)13-21/h6-8,11-13,16,18-20,23-25,28H,9-10,14-15,17H2,1-5H3,(H,35,36,38,42)/t23-,24+,25-,28+/m0/s1. The first-order valence-electron chi connectivity index (χ1n) is 15.6. The average molecular weight is 630 g/mol. The van der Waals surface area contributed by atoms with Gasteiger partial charge in [0.1, 0.15) is 18.0 Å². The maximum atomic E-state index is 13.2. The zero-order valence-electron chi connectivity index (χ0n) is 26.0. The van der Waals surface area contributed by atoms with Crippen molar-refractivity contribution in [3.05, 3.63) is 77.0 Å². The molecular weight excluding hydrogens is 590 g/mol. The minimum Gasteiger partial charge on any atom is -0.412 e. The van der Waals surface area contributed by atoms with Crippen LogP contribution in [0.1, 0.15) is 81.3 Å². The Morgan fingerprint density at radius 1 is 1.07 bits per heavy atom. The average Bonchev–Trinajstić information content (AvgIpc) is 3.89. The molecule has 1 saturated heterocycles. The van der Waals surface area contributed by atoms with E-state index in [4.69, 9.17) is 26.1 Å². The molecule has 1 amide bonds. The molecule has 2 saturated carbocycles. The second-order valence-electron chi connectivity index (χ2n) is 14.2. The third-order valence-corrected chi connectivity index (χ3v) is 14.6. The molecule has 9 nitrogen and oxygen atoms in total. The summed E-state index contributed by atoms with van der Waals surface area (Å²) >= 11 is 6.18. The highest BCUT2D eigenvalue weighted by Gasteiger charge is 2.45. The first-order valence-corrected chi connectivity index (χ1v) is 18.9. The van der Waals surface area contributed by atoms with E-state index in [0.717, 1.165) is 41.3 Å². The summed E-state index contributed by atoms with van der Waals surface area (Å²) in [4.78, 5) is 29.5. The maximum Gasteiger partial charge on any atom is 0.229 e. The third kappa shape index (κ3) is 5.87. The van der Waals surface area contributed by atoms with Crippen molar-refractivity contribution in [2.45, 2.75) is 88.6 Å². The minimum atomic E-state index is -2.02. The van der Waals surface area contributed by atoms with Gasteiger partial charge in [-0.05, 0) is 73.1 Å². The quantitative estimate of drug-likeness (QED) is 0.207. The number of benzene rings is 1. The lowest BCUT2D eigenvalue weighted by Crippen LogP contribution is -2.44. The number of carbonyl (C=O) groups is 1. The molecule has 230 valence electrons. The van der Waals surface area contributed by atoms with Gasteiger partial charge in [-0.25, -0.2) is 19.5 Å². The first-order chi connectivity index (χ1) is 20.9. The predicted molar refractivity (Wildman–Crippen MR) is 175 cm³/mol. The van der Waals surface area contributed by atoms with Crippen LogP contribution in [0.3, 0.4) is 0 Å². The highest BCUT2D eigenvalue weighted by molar-refractivity contribution is 6.74. The smallest absolute Gasteiger partial charge is 0.229 e. The lowest BCUT2D eigenvalue weighted by Gasteiger charge is -2.38. The molecule has 0 spiro atoms. The number of rotatable bonds is 8. The van der Waals surface area contributed by atoms with Crippen LogP contribution in [0.15, 0.2) is 55.0 Å². The third-order valence-electron chi connectivity index (χ3n) is 9.83. The number of hydrogen-bond donors (Lipinski definition) is 1. The fourth-order valence-electron chi connectivity index (χ4n) is 6.06. The van der Waals surface area contributed by atoms with Gasteiger partial charge in [0.2, 0.25) is 5.91 Å². The number of halogens is 1. The number of aromatic nitrogens is 5. The number of anilines is 2. The zero-order chi connectivity index (χ0) is 30.8. The molecule has 44 heavy (non-hydrogen) atoms. The summed E-state index contributed by atoms with van der Waals surface area (Å²) in [6.07, 6.45) is 7.61. The van der Waals surface area contributed by atoms with Crippen molar-refractivity contribution in [3.63, 3.8) is 0 Å². The number of fused-ring (bicyclic) bond motifs is 1. The molecule has 0 bridgehead atoms. The van der Waals surface area contributed by atoms with Crippen molar-refractivity contribution in [3.8, 4) is 0 Å². The maximum absolute atomic E-state index is 13.2. The molecule has 4 atom stereocenters. The lowest BCUT2D eigenvalue weighted by molar-refractivity contribution is -0.117. The molecular formula is C33H40ClN7O2Si. The van der Waals surface area contributed by atoms with E-state index in [-0.39, 0.29) is 34.9 Å². The number of imidazole rings is 1. The SMILES string of the molecule is CC(C)(C)[Si](C)(C)O[C@H]1C[C@H](c2cn3nc(C4CC4)ccc3n2)N(c2cc(NC(=O)[C@H]3C[C@@H]3c3cccc(Cl)c3)ncn2)C1. The van der Waals surface area contributed by atoms with Crippen molar-refractivity contribution in [2.75, 3.05) is 16.8 Å². The molecule has 4 aromatic rings. The van der Waals surface area contributed by atoms with Gasteiger partial charge in [-0.3, -0.25) is 4.79 Å². The molecule has 2 aliphatic carbocycles. The number of amides is 1. The van der Waals surface area contributed by atoms with Crippen LogP contribution in [0, 0.1) is 5.92 Å². The van der Waals surface area contributed by atoms with E-state index in [1.165, 1.54) is 19.2 Å². The summed E-state index contributed by atoms with van der Waals surface area (Å²) in [5.41, 5.74) is 4.01. The fourth-order valence-corrected chi connectivity index (χ4v) is 7.62. The molecule has 3 fully saturated rings. The number of carbonyl (C=O) groups excluding carboxylic acids is 1. The van der Waals surface area contributed by atoms with Gasteiger partial charge in [-0.2, -0.15) is 5.10 Å². The molecule has 1 aromatic carbocycles. The Bertz CT molecular complexity index is 1720. The van der Waals surface area contributed by atoms with Gasteiger partial charge < -0.3 is 14.6 Å². The lowest BCUT2D eigenvalue weighted by atomic mass is 10.1. The normalized spacial score (nSPS) is 23.7. The predicted octanol–water partition coefficient (Wildman–Crippen LogP) is 7.13. The Morgan fingerprint density at radius 2 is 1.89 bits per heavy atom. The molecule has 0 unspecified atom stereocenters. The topological polar surface area (TPSA) is 97.5 Å². The summed E-state index contributed by atoms with van der Waals surface area (Å²) in [7, 11) is -2.02. The van der Waals surface area contributed by atoms with Crippen molar-refractivity contribution in [1.82, 2.24) is 24.6 Å². The van der Waals surface area contributed by atoms with Gasteiger partial charge >= 0.3 is 0 Å². The molecule has 11 heteroatoms. The Morgan fingerprint density at radius 3 is 2.64 bits per heavy atom. The van der Waals surface area contributed by atoms with Gasteiger partial charge in [0.05, 0.1) is 29.7 Å². The van der Waals surface area contributed by atoms with Crippen molar-refractivity contribution < 1.29 is 9.22 Å². The van der Waals surface area contributed by atoms with Crippen molar-refractivity contribution in [2.24, 2.45) is 5.92 Å². The van der Waals surface area contributed by atoms with E-state index in [1.807, 2.05) is 34.8 Å². The molecule has 1 aliphatic heterocycles. The van der Waals surface area contributed by atoms with E-state index in [0.29, 0.717) is 23.3 Å². The molecule has 4 heterocycles. The Kier molecular flexibility index (Phi) is 7.29. The van der Waals surface area contributed by atoms with E-state index in [2.05, 4.69) is 72.4 Å². The Labute approximate surface area is 264 Å². The fraction of sp³-hybridized carbons (Fsp3) is 0.485. The molecule has 1 N–H and O–H groups in total. The van der Waals surface area contributed by atoms with E-state index in [9.17, 15) is 4.79 Å². The van der Waals surface area contributed by atoms with E-state index >= 15 is 0 Å². The molecule has 3 aliphatic rings. The van der Waals surface area contributed by atoms with Crippen LogP contribution in [0.5, 0.6) is 0 Å². The Balaban J connectivity index is 1.14. The van der Waals surface area contributed by atoms with Crippen LogP contribution < -0.4 is 10.2 Å². The zero-order valence-corrected chi connectivity index (χ0v) is 27.8.